The second-order valence-corrected chi connectivity index (χ2v) is 10.1. The first kappa shape index (κ1) is 22.8. The zero-order chi connectivity index (χ0) is 22.7. The Morgan fingerprint density at radius 1 is 1.09 bits per heavy atom. The molecule has 0 radical (unpaired) electrons. The molecule has 1 aromatic rings. The number of ether oxygens (including phenoxy) is 2. The van der Waals surface area contributed by atoms with Gasteiger partial charge in [-0.1, -0.05) is 6.42 Å². The molecule has 3 fully saturated rings. The van der Waals surface area contributed by atoms with E-state index in [9.17, 15) is 9.59 Å². The molecule has 3 heterocycles. The van der Waals surface area contributed by atoms with Gasteiger partial charge < -0.3 is 14.4 Å². The van der Waals surface area contributed by atoms with Crippen molar-refractivity contribution >= 4 is 12.0 Å². The minimum atomic E-state index is -0.626. The first-order valence-electron chi connectivity index (χ1n) is 11.9. The van der Waals surface area contributed by atoms with E-state index in [0.717, 1.165) is 26.1 Å². The standard InChI is InChI=1S/C24H36N4O4/c1-24(2,3)32-23(30)28-17-20(31-19-9-5-10-25-16-19)15-21(28)22(29)27-12-6-11-26(13-14-27)18-7-4-8-18/h5,9-10,16,18,20-21H,4,6-8,11-15,17H2,1-3H3. The van der Waals surface area contributed by atoms with Crippen LogP contribution in [-0.4, -0.2) is 88.2 Å². The zero-order valence-corrected chi connectivity index (χ0v) is 19.5. The summed E-state index contributed by atoms with van der Waals surface area (Å²) in [6.07, 6.45) is 7.89. The third-order valence-electron chi connectivity index (χ3n) is 6.55. The summed E-state index contributed by atoms with van der Waals surface area (Å²) in [4.78, 5) is 36.7. The van der Waals surface area contributed by atoms with Gasteiger partial charge in [-0.05, 0) is 52.2 Å². The van der Waals surface area contributed by atoms with Crippen LogP contribution in [0.4, 0.5) is 4.79 Å². The van der Waals surface area contributed by atoms with Gasteiger partial charge in [0.05, 0.1) is 12.7 Å². The van der Waals surface area contributed by atoms with E-state index in [4.69, 9.17) is 9.47 Å². The van der Waals surface area contributed by atoms with Crippen LogP contribution >= 0.6 is 0 Å². The molecule has 2 atom stereocenters. The lowest BCUT2D eigenvalue weighted by Crippen LogP contribution is -2.50. The summed E-state index contributed by atoms with van der Waals surface area (Å²) in [6, 6.07) is 3.77. The molecule has 3 aliphatic rings. The summed E-state index contributed by atoms with van der Waals surface area (Å²) in [5.41, 5.74) is -0.626. The second-order valence-electron chi connectivity index (χ2n) is 10.1. The Bertz CT molecular complexity index is 793. The van der Waals surface area contributed by atoms with Crippen LogP contribution in [0.1, 0.15) is 52.9 Å². The van der Waals surface area contributed by atoms with Crippen molar-refractivity contribution in [2.75, 3.05) is 32.7 Å². The van der Waals surface area contributed by atoms with E-state index in [0.29, 0.717) is 31.3 Å². The molecular formula is C24H36N4O4. The number of carbonyl (C=O) groups excluding carboxylic acids is 2. The molecule has 2 aliphatic heterocycles. The van der Waals surface area contributed by atoms with Crippen molar-refractivity contribution in [2.45, 2.75) is 76.7 Å². The van der Waals surface area contributed by atoms with Crippen molar-refractivity contribution in [2.24, 2.45) is 0 Å². The fourth-order valence-electron chi connectivity index (χ4n) is 4.73. The summed E-state index contributed by atoms with van der Waals surface area (Å²) in [5.74, 6) is 0.643. The van der Waals surface area contributed by atoms with Crippen LogP contribution in [0.15, 0.2) is 24.5 Å². The molecule has 8 nitrogen and oxygen atoms in total. The van der Waals surface area contributed by atoms with Crippen molar-refractivity contribution in [1.29, 1.82) is 0 Å². The van der Waals surface area contributed by atoms with Crippen LogP contribution in [0.25, 0.3) is 0 Å². The van der Waals surface area contributed by atoms with Gasteiger partial charge in [-0.3, -0.25) is 19.6 Å². The zero-order valence-electron chi connectivity index (χ0n) is 19.5. The van der Waals surface area contributed by atoms with Crippen molar-refractivity contribution in [3.63, 3.8) is 0 Å². The van der Waals surface area contributed by atoms with Gasteiger partial charge in [-0.15, -0.1) is 0 Å². The Morgan fingerprint density at radius 3 is 2.56 bits per heavy atom. The van der Waals surface area contributed by atoms with Gasteiger partial charge in [0.2, 0.25) is 5.91 Å². The van der Waals surface area contributed by atoms with Gasteiger partial charge in [0.1, 0.15) is 23.5 Å². The van der Waals surface area contributed by atoms with Crippen molar-refractivity contribution in [3.8, 4) is 5.75 Å². The molecule has 2 unspecified atom stereocenters. The van der Waals surface area contributed by atoms with Gasteiger partial charge >= 0.3 is 6.09 Å². The molecule has 0 N–H and O–H groups in total. The van der Waals surface area contributed by atoms with E-state index in [1.807, 2.05) is 37.8 Å². The van der Waals surface area contributed by atoms with Crippen LogP contribution in [0.2, 0.25) is 0 Å². The fraction of sp³-hybridized carbons (Fsp3) is 0.708. The van der Waals surface area contributed by atoms with E-state index in [1.54, 1.807) is 17.3 Å². The first-order valence-corrected chi connectivity index (χ1v) is 11.9. The maximum atomic E-state index is 13.6. The van der Waals surface area contributed by atoms with Gasteiger partial charge in [-0.25, -0.2) is 4.79 Å². The molecule has 2 amide bonds. The quantitative estimate of drug-likeness (QED) is 0.711. The molecule has 1 aliphatic carbocycles. The van der Waals surface area contributed by atoms with E-state index in [1.165, 1.54) is 19.3 Å². The number of hydrogen-bond donors (Lipinski definition) is 0. The Labute approximate surface area is 190 Å². The van der Waals surface area contributed by atoms with Gasteiger partial charge in [-0.2, -0.15) is 0 Å². The number of carbonyl (C=O) groups is 2. The fourth-order valence-corrected chi connectivity index (χ4v) is 4.73. The normalized spacial score (nSPS) is 25.2. The summed E-state index contributed by atoms with van der Waals surface area (Å²) in [7, 11) is 0. The summed E-state index contributed by atoms with van der Waals surface area (Å²) < 4.78 is 11.7. The van der Waals surface area contributed by atoms with Crippen LogP contribution in [0.3, 0.4) is 0 Å². The van der Waals surface area contributed by atoms with E-state index in [-0.39, 0.29) is 12.0 Å². The van der Waals surface area contributed by atoms with Gasteiger partial charge in [0, 0.05) is 44.8 Å². The van der Waals surface area contributed by atoms with Crippen molar-refractivity contribution < 1.29 is 19.1 Å². The molecule has 32 heavy (non-hydrogen) atoms. The predicted octanol–water partition coefficient (Wildman–Crippen LogP) is 2.93. The van der Waals surface area contributed by atoms with Crippen LogP contribution < -0.4 is 4.74 Å². The maximum absolute atomic E-state index is 13.6. The number of hydrogen-bond acceptors (Lipinski definition) is 6. The minimum absolute atomic E-state index is 0.00334. The van der Waals surface area contributed by atoms with Crippen molar-refractivity contribution in [3.05, 3.63) is 24.5 Å². The molecule has 0 aromatic carbocycles. The maximum Gasteiger partial charge on any atom is 0.411 e. The molecule has 4 rings (SSSR count). The molecule has 1 saturated carbocycles. The lowest BCUT2D eigenvalue weighted by Gasteiger charge is -2.37. The number of pyridine rings is 1. The molecule has 0 bridgehead atoms. The van der Waals surface area contributed by atoms with Crippen molar-refractivity contribution in [1.82, 2.24) is 19.7 Å². The third-order valence-corrected chi connectivity index (χ3v) is 6.55. The summed E-state index contributed by atoms with van der Waals surface area (Å²) >= 11 is 0. The third kappa shape index (κ3) is 5.52. The van der Waals surface area contributed by atoms with E-state index >= 15 is 0 Å². The highest BCUT2D eigenvalue weighted by molar-refractivity contribution is 5.86. The Kier molecular flexibility index (Phi) is 6.88. The lowest BCUT2D eigenvalue weighted by atomic mass is 9.91. The highest BCUT2D eigenvalue weighted by Gasteiger charge is 2.44. The van der Waals surface area contributed by atoms with Gasteiger partial charge in [0.25, 0.3) is 0 Å². The summed E-state index contributed by atoms with van der Waals surface area (Å²) in [5, 5.41) is 0. The van der Waals surface area contributed by atoms with Crippen LogP contribution in [0, 0.1) is 0 Å². The first-order chi connectivity index (χ1) is 15.3. The second kappa shape index (κ2) is 9.65. The monoisotopic (exact) mass is 444 g/mol. The lowest BCUT2D eigenvalue weighted by molar-refractivity contribution is -0.135. The molecule has 2 saturated heterocycles. The van der Waals surface area contributed by atoms with Crippen LogP contribution in [0.5, 0.6) is 5.75 Å². The minimum Gasteiger partial charge on any atom is -0.487 e. The number of rotatable bonds is 4. The summed E-state index contributed by atoms with van der Waals surface area (Å²) in [6.45, 7) is 9.23. The van der Waals surface area contributed by atoms with Crippen LogP contribution in [-0.2, 0) is 9.53 Å². The Morgan fingerprint density at radius 2 is 1.91 bits per heavy atom. The molecule has 176 valence electrons. The number of likely N-dealkylation sites (tertiary alicyclic amines) is 1. The molecule has 0 spiro atoms. The molecular weight excluding hydrogens is 408 g/mol. The van der Waals surface area contributed by atoms with Gasteiger partial charge in [0.15, 0.2) is 0 Å². The smallest absolute Gasteiger partial charge is 0.411 e. The number of nitrogens with zero attached hydrogens (tertiary/aromatic N) is 4. The number of aromatic nitrogens is 1. The average molecular weight is 445 g/mol. The average Bonchev–Trinajstić information content (AvgIpc) is 2.97. The topological polar surface area (TPSA) is 75.2 Å². The van der Waals surface area contributed by atoms with E-state index < -0.39 is 17.7 Å². The largest absolute Gasteiger partial charge is 0.487 e. The Balaban J connectivity index is 1.44. The molecule has 1 aromatic heterocycles. The number of amides is 2. The highest BCUT2D eigenvalue weighted by Crippen LogP contribution is 2.28. The highest BCUT2D eigenvalue weighted by atomic mass is 16.6. The molecule has 8 heteroatoms. The Hall–Kier alpha value is -2.35. The van der Waals surface area contributed by atoms with E-state index in [2.05, 4.69) is 9.88 Å². The predicted molar refractivity (Wildman–Crippen MR) is 120 cm³/mol. The SMILES string of the molecule is CC(C)(C)OC(=O)N1CC(Oc2cccnc2)CC1C(=O)N1CCCN(C2CCC2)CC1.